The lowest BCUT2D eigenvalue weighted by Gasteiger charge is -2.35. The van der Waals surface area contributed by atoms with Crippen molar-refractivity contribution in [2.45, 2.75) is 25.0 Å². The van der Waals surface area contributed by atoms with Crippen molar-refractivity contribution in [1.29, 1.82) is 0 Å². The minimum Gasteiger partial charge on any atom is -0.366 e. The number of nitro groups is 1. The lowest BCUT2D eigenvalue weighted by molar-refractivity contribution is -0.384. The molecule has 2 aromatic rings. The number of rotatable bonds is 4. The quantitative estimate of drug-likeness (QED) is 0.643. The predicted octanol–water partition coefficient (Wildman–Crippen LogP) is 3.06. The van der Waals surface area contributed by atoms with Gasteiger partial charge in [0, 0.05) is 49.5 Å². The fourth-order valence-corrected chi connectivity index (χ4v) is 3.84. The number of hydrogen-bond acceptors (Lipinski definition) is 4. The fraction of sp³-hybridized carbons (Fsp3) is 0.333. The summed E-state index contributed by atoms with van der Waals surface area (Å²) >= 11 is 0. The number of benzene rings is 2. The summed E-state index contributed by atoms with van der Waals surface area (Å²) in [5.41, 5.74) is 2.62. The largest absolute Gasteiger partial charge is 0.366 e. The van der Waals surface area contributed by atoms with Gasteiger partial charge in [-0.3, -0.25) is 15.0 Å². The van der Waals surface area contributed by atoms with Crippen molar-refractivity contribution in [2.24, 2.45) is 0 Å². The third kappa shape index (κ3) is 2.68. The van der Waals surface area contributed by atoms with Crippen LogP contribution >= 0.6 is 0 Å². The van der Waals surface area contributed by atoms with Crippen molar-refractivity contribution in [2.75, 3.05) is 18.0 Å². The van der Waals surface area contributed by atoms with E-state index >= 15 is 0 Å². The van der Waals surface area contributed by atoms with Gasteiger partial charge in [0.05, 0.1) is 4.92 Å². The molecule has 118 valence electrons. The predicted molar refractivity (Wildman–Crippen MR) is 89.5 cm³/mol. The molecular formula is C18H19N3O2. The molecule has 2 atom stereocenters. The van der Waals surface area contributed by atoms with E-state index in [4.69, 9.17) is 0 Å². The van der Waals surface area contributed by atoms with E-state index in [1.807, 2.05) is 12.1 Å². The van der Waals surface area contributed by atoms with E-state index in [0.717, 1.165) is 25.3 Å². The molecule has 2 saturated heterocycles. The molecule has 2 aromatic carbocycles. The van der Waals surface area contributed by atoms with E-state index in [0.29, 0.717) is 12.1 Å². The molecule has 0 amide bonds. The maximum Gasteiger partial charge on any atom is 0.269 e. The van der Waals surface area contributed by atoms with Crippen molar-refractivity contribution < 1.29 is 4.92 Å². The lowest BCUT2D eigenvalue weighted by atomic mass is 10.2. The summed E-state index contributed by atoms with van der Waals surface area (Å²) in [7, 11) is 0. The lowest BCUT2D eigenvalue weighted by Crippen LogP contribution is -2.46. The van der Waals surface area contributed by atoms with E-state index < -0.39 is 0 Å². The van der Waals surface area contributed by atoms with Gasteiger partial charge >= 0.3 is 0 Å². The van der Waals surface area contributed by atoms with Crippen LogP contribution < -0.4 is 4.90 Å². The Balaban J connectivity index is 1.43. The summed E-state index contributed by atoms with van der Waals surface area (Å²) in [6.07, 6.45) is 1.18. The highest BCUT2D eigenvalue weighted by molar-refractivity contribution is 5.53. The molecule has 0 unspecified atom stereocenters. The number of nitrogens with zero attached hydrogens (tertiary/aromatic N) is 3. The highest BCUT2D eigenvalue weighted by Gasteiger charge is 2.43. The van der Waals surface area contributed by atoms with Crippen molar-refractivity contribution >= 4 is 11.4 Å². The van der Waals surface area contributed by atoms with Gasteiger partial charge in [-0.25, -0.2) is 0 Å². The Labute approximate surface area is 135 Å². The number of anilines is 1. The van der Waals surface area contributed by atoms with Gasteiger partial charge in [-0.1, -0.05) is 30.3 Å². The molecule has 2 aliphatic rings. The SMILES string of the molecule is O=[N+]([O-])c1ccc(N2C[C@@H]3C[C@H]2CN3Cc2ccccc2)cc1. The molecule has 0 aromatic heterocycles. The van der Waals surface area contributed by atoms with Gasteiger partial charge in [-0.05, 0) is 24.1 Å². The van der Waals surface area contributed by atoms with Crippen LogP contribution in [0.2, 0.25) is 0 Å². The van der Waals surface area contributed by atoms with Gasteiger partial charge in [-0.15, -0.1) is 0 Å². The second-order valence-corrected chi connectivity index (χ2v) is 6.38. The smallest absolute Gasteiger partial charge is 0.269 e. The highest BCUT2D eigenvalue weighted by atomic mass is 16.6. The third-order valence-electron chi connectivity index (χ3n) is 4.97. The van der Waals surface area contributed by atoms with Crippen LogP contribution in [0, 0.1) is 10.1 Å². The zero-order valence-corrected chi connectivity index (χ0v) is 12.8. The summed E-state index contributed by atoms with van der Waals surface area (Å²) in [5, 5.41) is 10.8. The first-order chi connectivity index (χ1) is 11.2. The molecule has 0 radical (unpaired) electrons. The first kappa shape index (κ1) is 14.2. The first-order valence-corrected chi connectivity index (χ1v) is 8.00. The van der Waals surface area contributed by atoms with Crippen LogP contribution in [-0.4, -0.2) is 35.0 Å². The van der Waals surface area contributed by atoms with Crippen molar-refractivity contribution in [3.05, 3.63) is 70.3 Å². The third-order valence-corrected chi connectivity index (χ3v) is 4.97. The molecule has 0 N–H and O–H groups in total. The van der Waals surface area contributed by atoms with Crippen LogP contribution in [0.1, 0.15) is 12.0 Å². The van der Waals surface area contributed by atoms with E-state index in [-0.39, 0.29) is 10.6 Å². The average molecular weight is 309 g/mol. The van der Waals surface area contributed by atoms with Crippen LogP contribution in [0.5, 0.6) is 0 Å². The van der Waals surface area contributed by atoms with Crippen LogP contribution in [-0.2, 0) is 6.54 Å². The molecule has 0 saturated carbocycles. The van der Waals surface area contributed by atoms with Crippen LogP contribution in [0.4, 0.5) is 11.4 Å². The second kappa shape index (κ2) is 5.66. The normalized spacial score (nSPS) is 23.4. The van der Waals surface area contributed by atoms with Crippen LogP contribution in [0.15, 0.2) is 54.6 Å². The highest BCUT2D eigenvalue weighted by Crippen LogP contribution is 2.35. The summed E-state index contributed by atoms with van der Waals surface area (Å²) in [4.78, 5) is 15.4. The summed E-state index contributed by atoms with van der Waals surface area (Å²) < 4.78 is 0. The first-order valence-electron chi connectivity index (χ1n) is 8.00. The molecule has 2 aliphatic heterocycles. The molecule has 4 rings (SSSR count). The molecular weight excluding hydrogens is 290 g/mol. The van der Waals surface area contributed by atoms with Crippen molar-refractivity contribution in [3.63, 3.8) is 0 Å². The zero-order valence-electron chi connectivity index (χ0n) is 12.8. The number of non-ortho nitro benzene ring substituents is 1. The Morgan fingerprint density at radius 2 is 1.74 bits per heavy atom. The molecule has 0 spiro atoms. The van der Waals surface area contributed by atoms with Gasteiger partial charge in [0.2, 0.25) is 0 Å². The molecule has 2 bridgehead atoms. The number of hydrogen-bond donors (Lipinski definition) is 0. The van der Waals surface area contributed by atoms with E-state index in [2.05, 4.69) is 40.1 Å². The Kier molecular flexibility index (Phi) is 3.50. The van der Waals surface area contributed by atoms with Gasteiger partial charge in [0.1, 0.15) is 0 Å². The average Bonchev–Trinajstić information content (AvgIpc) is 3.16. The zero-order chi connectivity index (χ0) is 15.8. The van der Waals surface area contributed by atoms with Gasteiger partial charge in [-0.2, -0.15) is 0 Å². The number of piperazine rings is 1. The molecule has 0 aliphatic carbocycles. The Morgan fingerprint density at radius 1 is 1.00 bits per heavy atom. The standard InChI is InChI=1S/C18H19N3O2/c22-21(23)16-8-6-15(7-9-16)20-13-17-10-18(20)12-19(17)11-14-4-2-1-3-5-14/h1-9,17-18H,10-13H2/t17-,18-/m0/s1. The number of nitro benzene ring substituents is 1. The maximum absolute atomic E-state index is 10.8. The fourth-order valence-electron chi connectivity index (χ4n) is 3.84. The van der Waals surface area contributed by atoms with Gasteiger partial charge in [0.15, 0.2) is 0 Å². The summed E-state index contributed by atoms with van der Waals surface area (Å²) in [6, 6.07) is 18.6. The molecule has 5 heteroatoms. The Morgan fingerprint density at radius 3 is 2.35 bits per heavy atom. The van der Waals surface area contributed by atoms with E-state index in [1.54, 1.807) is 12.1 Å². The number of fused-ring (bicyclic) bond motifs is 2. The Hall–Kier alpha value is -2.40. The van der Waals surface area contributed by atoms with Gasteiger partial charge in [0.25, 0.3) is 5.69 Å². The minimum absolute atomic E-state index is 0.156. The molecule has 5 nitrogen and oxygen atoms in total. The van der Waals surface area contributed by atoms with Gasteiger partial charge < -0.3 is 4.90 Å². The molecule has 2 heterocycles. The van der Waals surface area contributed by atoms with E-state index in [1.165, 1.54) is 12.0 Å². The number of likely N-dealkylation sites (tertiary alicyclic amines) is 1. The van der Waals surface area contributed by atoms with Crippen LogP contribution in [0.25, 0.3) is 0 Å². The summed E-state index contributed by atoms with van der Waals surface area (Å²) in [5.74, 6) is 0. The van der Waals surface area contributed by atoms with Crippen molar-refractivity contribution in [3.8, 4) is 0 Å². The molecule has 23 heavy (non-hydrogen) atoms. The van der Waals surface area contributed by atoms with E-state index in [9.17, 15) is 10.1 Å². The Bertz CT molecular complexity index is 702. The molecule has 2 fully saturated rings. The topological polar surface area (TPSA) is 49.6 Å². The monoisotopic (exact) mass is 309 g/mol. The maximum atomic E-state index is 10.8. The second-order valence-electron chi connectivity index (χ2n) is 6.38. The summed E-state index contributed by atoms with van der Waals surface area (Å²) in [6.45, 7) is 3.09. The van der Waals surface area contributed by atoms with Crippen molar-refractivity contribution in [1.82, 2.24) is 4.90 Å². The van der Waals surface area contributed by atoms with Crippen LogP contribution in [0.3, 0.4) is 0 Å². The minimum atomic E-state index is -0.346.